The first-order chi connectivity index (χ1) is 12.7. The van der Waals surface area contributed by atoms with Gasteiger partial charge in [0.2, 0.25) is 5.91 Å². The van der Waals surface area contributed by atoms with E-state index in [0.29, 0.717) is 12.5 Å². The number of nitrogens with zero attached hydrogens (tertiary/aromatic N) is 6. The lowest BCUT2D eigenvalue weighted by Gasteiger charge is -2.31. The largest absolute Gasteiger partial charge is 0.357 e. The number of carbonyl (C=O) groups is 1. The van der Waals surface area contributed by atoms with Gasteiger partial charge in [0.25, 0.3) is 0 Å². The first-order valence-corrected chi connectivity index (χ1v) is 9.69. The minimum Gasteiger partial charge on any atom is -0.357 e. The summed E-state index contributed by atoms with van der Waals surface area (Å²) in [6.45, 7) is 4.87. The molecule has 1 amide bonds. The minimum absolute atomic E-state index is 0.225. The normalized spacial score (nSPS) is 19.3. The first kappa shape index (κ1) is 17.3. The number of hydrogen-bond acceptors (Lipinski definition) is 4. The highest BCUT2D eigenvalue weighted by molar-refractivity contribution is 5.78. The third-order valence-corrected chi connectivity index (χ3v) is 5.58. The molecule has 2 saturated heterocycles. The van der Waals surface area contributed by atoms with Gasteiger partial charge in [0.05, 0.1) is 24.4 Å². The summed E-state index contributed by atoms with van der Waals surface area (Å²) in [7, 11) is 1.98. The standard InChI is InChI=1S/C19H28N6O/c1-22-9-4-16(13-22)12-19(26)24-10-5-18(6-11-24)25-15-17(20-21-25)14-23-7-2-3-8-23/h4,9,13,15,18H,2-3,5-8,10-12,14H2,1H3. The van der Waals surface area contributed by atoms with Gasteiger partial charge in [-0.2, -0.15) is 0 Å². The van der Waals surface area contributed by atoms with Crippen LogP contribution in [-0.2, 0) is 24.8 Å². The molecular formula is C19H28N6O. The van der Waals surface area contributed by atoms with Crippen LogP contribution in [0.1, 0.15) is 43.0 Å². The average Bonchev–Trinajstić information content (AvgIpc) is 3.39. The third-order valence-electron chi connectivity index (χ3n) is 5.58. The molecule has 0 spiro atoms. The van der Waals surface area contributed by atoms with Crippen LogP contribution in [-0.4, -0.2) is 61.4 Å². The summed E-state index contributed by atoms with van der Waals surface area (Å²) in [5, 5.41) is 8.71. The Morgan fingerprint density at radius 3 is 2.62 bits per heavy atom. The quantitative estimate of drug-likeness (QED) is 0.817. The number of hydrogen-bond donors (Lipinski definition) is 0. The van der Waals surface area contributed by atoms with Crippen molar-refractivity contribution in [2.75, 3.05) is 26.2 Å². The molecule has 4 rings (SSSR count). The highest BCUT2D eigenvalue weighted by Gasteiger charge is 2.25. The lowest BCUT2D eigenvalue weighted by atomic mass is 10.0. The lowest BCUT2D eigenvalue weighted by Crippen LogP contribution is -2.39. The van der Waals surface area contributed by atoms with E-state index in [4.69, 9.17) is 0 Å². The fraction of sp³-hybridized carbons (Fsp3) is 0.632. The van der Waals surface area contributed by atoms with Crippen LogP contribution in [0.5, 0.6) is 0 Å². The van der Waals surface area contributed by atoms with Crippen molar-refractivity contribution in [3.63, 3.8) is 0 Å². The number of aryl methyl sites for hydroxylation is 1. The fourth-order valence-electron chi connectivity index (χ4n) is 4.07. The molecule has 26 heavy (non-hydrogen) atoms. The monoisotopic (exact) mass is 356 g/mol. The molecule has 140 valence electrons. The van der Waals surface area contributed by atoms with Crippen LogP contribution >= 0.6 is 0 Å². The number of amides is 1. The van der Waals surface area contributed by atoms with Crippen molar-refractivity contribution in [3.8, 4) is 0 Å². The van der Waals surface area contributed by atoms with Crippen molar-refractivity contribution in [2.24, 2.45) is 7.05 Å². The van der Waals surface area contributed by atoms with Gasteiger partial charge < -0.3 is 9.47 Å². The van der Waals surface area contributed by atoms with Gasteiger partial charge in [-0.3, -0.25) is 9.69 Å². The number of likely N-dealkylation sites (tertiary alicyclic amines) is 2. The van der Waals surface area contributed by atoms with E-state index in [-0.39, 0.29) is 5.91 Å². The molecule has 2 fully saturated rings. The van der Waals surface area contributed by atoms with Gasteiger partial charge >= 0.3 is 0 Å². The molecule has 7 heteroatoms. The van der Waals surface area contributed by atoms with Crippen molar-refractivity contribution in [3.05, 3.63) is 35.9 Å². The average molecular weight is 356 g/mol. The summed E-state index contributed by atoms with van der Waals surface area (Å²) in [5.41, 5.74) is 2.15. The molecule has 0 N–H and O–H groups in total. The molecule has 2 aliphatic rings. The second-order valence-corrected chi connectivity index (χ2v) is 7.65. The summed E-state index contributed by atoms with van der Waals surface area (Å²) in [4.78, 5) is 16.9. The molecule has 0 unspecified atom stereocenters. The molecule has 0 atom stereocenters. The Morgan fingerprint density at radius 2 is 1.92 bits per heavy atom. The molecular weight excluding hydrogens is 328 g/mol. The van der Waals surface area contributed by atoms with Crippen LogP contribution in [0.25, 0.3) is 0 Å². The van der Waals surface area contributed by atoms with Gasteiger partial charge in [-0.1, -0.05) is 5.21 Å². The Morgan fingerprint density at radius 1 is 1.15 bits per heavy atom. The SMILES string of the molecule is Cn1ccc(CC(=O)N2CCC(n3cc(CN4CCCC4)nn3)CC2)c1. The Labute approximate surface area is 154 Å². The topological polar surface area (TPSA) is 59.2 Å². The van der Waals surface area contributed by atoms with Gasteiger partial charge in [0.15, 0.2) is 0 Å². The summed E-state index contributed by atoms with van der Waals surface area (Å²) in [6, 6.07) is 2.37. The highest BCUT2D eigenvalue weighted by atomic mass is 16.2. The first-order valence-electron chi connectivity index (χ1n) is 9.69. The second-order valence-electron chi connectivity index (χ2n) is 7.65. The molecule has 7 nitrogen and oxygen atoms in total. The van der Waals surface area contributed by atoms with Gasteiger partial charge in [0.1, 0.15) is 0 Å². The predicted molar refractivity (Wildman–Crippen MR) is 98.5 cm³/mol. The van der Waals surface area contributed by atoms with Crippen molar-refractivity contribution in [2.45, 2.75) is 44.7 Å². The van der Waals surface area contributed by atoms with Crippen LogP contribution < -0.4 is 0 Å². The van der Waals surface area contributed by atoms with Crippen molar-refractivity contribution >= 4 is 5.91 Å². The summed E-state index contributed by atoms with van der Waals surface area (Å²) in [5.74, 6) is 0.225. The van der Waals surface area contributed by atoms with Crippen molar-refractivity contribution in [1.82, 2.24) is 29.4 Å². The molecule has 0 radical (unpaired) electrons. The zero-order valence-electron chi connectivity index (χ0n) is 15.5. The lowest BCUT2D eigenvalue weighted by molar-refractivity contribution is -0.131. The van der Waals surface area contributed by atoms with Gasteiger partial charge in [-0.05, 0) is 50.4 Å². The minimum atomic E-state index is 0.225. The molecule has 0 aliphatic carbocycles. The Balaban J connectivity index is 1.28. The molecule has 2 aliphatic heterocycles. The van der Waals surface area contributed by atoms with E-state index in [9.17, 15) is 4.79 Å². The molecule has 2 aromatic rings. The van der Waals surface area contributed by atoms with Gasteiger partial charge in [-0.15, -0.1) is 5.10 Å². The van der Waals surface area contributed by atoms with E-state index in [1.807, 2.05) is 39.7 Å². The number of piperidine rings is 1. The van der Waals surface area contributed by atoms with Crippen LogP contribution in [0, 0.1) is 0 Å². The molecule has 2 aromatic heterocycles. The van der Waals surface area contributed by atoms with E-state index in [1.54, 1.807) is 0 Å². The van der Waals surface area contributed by atoms with Gasteiger partial charge in [-0.25, -0.2) is 4.68 Å². The maximum atomic E-state index is 12.5. The number of carbonyl (C=O) groups excluding carboxylic acids is 1. The molecule has 0 saturated carbocycles. The zero-order chi connectivity index (χ0) is 17.9. The van der Waals surface area contributed by atoms with Crippen LogP contribution in [0.15, 0.2) is 24.7 Å². The third kappa shape index (κ3) is 3.98. The van der Waals surface area contributed by atoms with E-state index >= 15 is 0 Å². The maximum Gasteiger partial charge on any atom is 0.227 e. The van der Waals surface area contributed by atoms with Crippen LogP contribution in [0.3, 0.4) is 0 Å². The van der Waals surface area contributed by atoms with Crippen molar-refractivity contribution < 1.29 is 4.79 Å². The van der Waals surface area contributed by atoms with E-state index < -0.39 is 0 Å². The Kier molecular flexibility index (Phi) is 5.06. The highest BCUT2D eigenvalue weighted by Crippen LogP contribution is 2.23. The molecule has 4 heterocycles. The van der Waals surface area contributed by atoms with Gasteiger partial charge in [0, 0.05) is 39.1 Å². The summed E-state index contributed by atoms with van der Waals surface area (Å²) >= 11 is 0. The molecule has 0 aromatic carbocycles. The van der Waals surface area contributed by atoms with Crippen molar-refractivity contribution in [1.29, 1.82) is 0 Å². The van der Waals surface area contributed by atoms with E-state index in [2.05, 4.69) is 21.4 Å². The maximum absolute atomic E-state index is 12.5. The number of aromatic nitrogens is 4. The van der Waals surface area contributed by atoms with Crippen LogP contribution in [0.2, 0.25) is 0 Å². The predicted octanol–water partition coefficient (Wildman–Crippen LogP) is 1.62. The van der Waals surface area contributed by atoms with E-state index in [1.165, 1.54) is 25.9 Å². The molecule has 0 bridgehead atoms. The summed E-state index contributed by atoms with van der Waals surface area (Å²) < 4.78 is 4.00. The van der Waals surface area contributed by atoms with Crippen LogP contribution in [0.4, 0.5) is 0 Å². The smallest absolute Gasteiger partial charge is 0.227 e. The summed E-state index contributed by atoms with van der Waals surface area (Å²) in [6.07, 6.45) is 11.1. The second kappa shape index (κ2) is 7.61. The number of rotatable bonds is 5. The van der Waals surface area contributed by atoms with E-state index in [0.717, 1.165) is 43.7 Å². The zero-order valence-corrected chi connectivity index (χ0v) is 15.5. The Bertz CT molecular complexity index is 737. The Hall–Kier alpha value is -2.15. The fourth-order valence-corrected chi connectivity index (χ4v) is 4.07.